The van der Waals surface area contributed by atoms with Crippen LogP contribution in [0.5, 0.6) is 0 Å². The molecule has 3 N–H and O–H groups in total. The van der Waals surface area contributed by atoms with Gasteiger partial charge in [-0.3, -0.25) is 9.69 Å². The van der Waals surface area contributed by atoms with Crippen molar-refractivity contribution in [3.63, 3.8) is 0 Å². The average Bonchev–Trinajstić information content (AvgIpc) is 3.60. The molecular formula is C25H31FN4O2. The predicted molar refractivity (Wildman–Crippen MR) is 123 cm³/mol. The Hall–Kier alpha value is -2.93. The Labute approximate surface area is 188 Å². The first-order valence-electron chi connectivity index (χ1n) is 11.4. The van der Waals surface area contributed by atoms with Crippen LogP contribution in [-0.2, 0) is 4.79 Å². The zero-order chi connectivity index (χ0) is 22.5. The predicted octanol–water partition coefficient (Wildman–Crippen LogP) is 3.99. The Morgan fingerprint density at radius 2 is 1.78 bits per heavy atom. The van der Waals surface area contributed by atoms with E-state index in [4.69, 9.17) is 0 Å². The maximum absolute atomic E-state index is 13.5. The highest BCUT2D eigenvalue weighted by Gasteiger charge is 2.34. The smallest absolute Gasteiger partial charge is 0.319 e. The van der Waals surface area contributed by atoms with Crippen molar-refractivity contribution in [2.24, 2.45) is 5.92 Å². The lowest BCUT2D eigenvalue weighted by atomic mass is 9.94. The van der Waals surface area contributed by atoms with Crippen LogP contribution in [-0.4, -0.2) is 42.5 Å². The second-order valence-electron chi connectivity index (χ2n) is 8.94. The number of rotatable bonds is 7. The average molecular weight is 439 g/mol. The van der Waals surface area contributed by atoms with Gasteiger partial charge in [0, 0.05) is 24.8 Å². The number of carbonyl (C=O) groups is 2. The normalized spacial score (nSPS) is 19.8. The molecular weight excluding hydrogens is 407 g/mol. The Balaban J connectivity index is 1.36. The summed E-state index contributed by atoms with van der Waals surface area (Å²) >= 11 is 0. The van der Waals surface area contributed by atoms with Gasteiger partial charge in [-0.05, 0) is 74.9 Å². The number of likely N-dealkylation sites (tertiary alicyclic amines) is 1. The maximum atomic E-state index is 13.5. The molecule has 0 radical (unpaired) electrons. The highest BCUT2D eigenvalue weighted by atomic mass is 19.1. The van der Waals surface area contributed by atoms with Crippen molar-refractivity contribution >= 4 is 17.6 Å². The fraction of sp³-hybridized carbons (Fsp3) is 0.440. The van der Waals surface area contributed by atoms with E-state index in [9.17, 15) is 14.0 Å². The van der Waals surface area contributed by atoms with E-state index in [1.54, 1.807) is 12.1 Å². The van der Waals surface area contributed by atoms with Gasteiger partial charge in [0.05, 0.1) is 0 Å². The number of amides is 3. The lowest BCUT2D eigenvalue weighted by molar-refractivity contribution is -0.127. The molecule has 3 amide bonds. The molecule has 0 aromatic heterocycles. The third-order valence-corrected chi connectivity index (χ3v) is 6.13. The monoisotopic (exact) mass is 438 g/mol. The van der Waals surface area contributed by atoms with E-state index >= 15 is 0 Å². The van der Waals surface area contributed by atoms with Crippen LogP contribution in [0, 0.1) is 18.7 Å². The fourth-order valence-corrected chi connectivity index (χ4v) is 4.23. The summed E-state index contributed by atoms with van der Waals surface area (Å²) in [6.45, 7) is 4.04. The van der Waals surface area contributed by atoms with E-state index < -0.39 is 6.04 Å². The summed E-state index contributed by atoms with van der Waals surface area (Å²) in [6, 6.07) is 13.5. The van der Waals surface area contributed by atoms with Gasteiger partial charge in [-0.15, -0.1) is 0 Å². The SMILES string of the molecule is Cc1ccc(NC(=O)NCC2CCCN(C(C(=O)NC3CC3)c3ccc(F)cc3)C2)cc1. The third-order valence-electron chi connectivity index (χ3n) is 6.13. The molecule has 6 nitrogen and oxygen atoms in total. The van der Waals surface area contributed by atoms with Crippen LogP contribution >= 0.6 is 0 Å². The summed E-state index contributed by atoms with van der Waals surface area (Å²) in [5.74, 6) is -0.0931. The van der Waals surface area contributed by atoms with Crippen molar-refractivity contribution in [3.05, 3.63) is 65.5 Å². The lowest BCUT2D eigenvalue weighted by Crippen LogP contribution is -2.47. The number of piperidine rings is 1. The number of carbonyl (C=O) groups excluding carboxylic acids is 2. The van der Waals surface area contributed by atoms with Gasteiger partial charge in [0.1, 0.15) is 11.9 Å². The van der Waals surface area contributed by atoms with Gasteiger partial charge < -0.3 is 16.0 Å². The Kier molecular flexibility index (Phi) is 7.05. The number of nitrogens with zero attached hydrogens (tertiary/aromatic N) is 1. The van der Waals surface area contributed by atoms with E-state index in [0.717, 1.165) is 49.0 Å². The van der Waals surface area contributed by atoms with Crippen molar-refractivity contribution in [3.8, 4) is 0 Å². The molecule has 2 fully saturated rings. The fourth-order valence-electron chi connectivity index (χ4n) is 4.23. The number of benzene rings is 2. The van der Waals surface area contributed by atoms with Gasteiger partial charge in [0.15, 0.2) is 0 Å². The molecule has 170 valence electrons. The van der Waals surface area contributed by atoms with Gasteiger partial charge in [-0.1, -0.05) is 29.8 Å². The Morgan fingerprint density at radius 3 is 2.47 bits per heavy atom. The molecule has 2 aromatic rings. The molecule has 2 unspecified atom stereocenters. The van der Waals surface area contributed by atoms with Crippen LogP contribution in [0.2, 0.25) is 0 Å². The Bertz CT molecular complexity index is 928. The van der Waals surface area contributed by atoms with E-state index in [2.05, 4.69) is 20.9 Å². The van der Waals surface area contributed by atoms with Crippen molar-refractivity contribution in [2.75, 3.05) is 25.0 Å². The zero-order valence-electron chi connectivity index (χ0n) is 18.4. The molecule has 0 bridgehead atoms. The van der Waals surface area contributed by atoms with Gasteiger partial charge >= 0.3 is 6.03 Å². The van der Waals surface area contributed by atoms with Gasteiger partial charge in [0.2, 0.25) is 5.91 Å². The number of hydrogen-bond donors (Lipinski definition) is 3. The first-order valence-corrected chi connectivity index (χ1v) is 11.4. The van der Waals surface area contributed by atoms with Crippen LogP contribution in [0.1, 0.15) is 42.9 Å². The van der Waals surface area contributed by atoms with Crippen molar-refractivity contribution in [2.45, 2.75) is 44.7 Å². The summed E-state index contributed by atoms with van der Waals surface area (Å²) in [6.07, 6.45) is 3.97. The lowest BCUT2D eigenvalue weighted by Gasteiger charge is -2.38. The highest BCUT2D eigenvalue weighted by Crippen LogP contribution is 2.29. The molecule has 1 saturated heterocycles. The van der Waals surface area contributed by atoms with Crippen LogP contribution in [0.25, 0.3) is 0 Å². The molecule has 32 heavy (non-hydrogen) atoms. The van der Waals surface area contributed by atoms with E-state index in [1.807, 2.05) is 31.2 Å². The van der Waals surface area contributed by atoms with Gasteiger partial charge in [-0.25, -0.2) is 9.18 Å². The highest BCUT2D eigenvalue weighted by molar-refractivity contribution is 5.89. The van der Waals surface area contributed by atoms with E-state index in [0.29, 0.717) is 13.1 Å². The first-order chi connectivity index (χ1) is 15.5. The molecule has 7 heteroatoms. The number of urea groups is 1. The van der Waals surface area contributed by atoms with E-state index in [-0.39, 0.29) is 29.7 Å². The zero-order valence-corrected chi connectivity index (χ0v) is 18.4. The summed E-state index contributed by atoms with van der Waals surface area (Å²) < 4.78 is 13.5. The molecule has 0 spiro atoms. The molecule has 1 heterocycles. The van der Waals surface area contributed by atoms with Crippen LogP contribution in [0.15, 0.2) is 48.5 Å². The van der Waals surface area contributed by atoms with E-state index in [1.165, 1.54) is 12.1 Å². The van der Waals surface area contributed by atoms with Crippen LogP contribution in [0.4, 0.5) is 14.9 Å². The van der Waals surface area contributed by atoms with Crippen molar-refractivity contribution in [1.82, 2.24) is 15.5 Å². The molecule has 1 aliphatic heterocycles. The number of halogens is 1. The minimum absolute atomic E-state index is 0.0233. The summed E-state index contributed by atoms with van der Waals surface area (Å²) in [7, 11) is 0. The molecule has 4 rings (SSSR count). The molecule has 2 aromatic carbocycles. The second-order valence-corrected chi connectivity index (χ2v) is 8.94. The number of aryl methyl sites for hydroxylation is 1. The topological polar surface area (TPSA) is 73.5 Å². The number of anilines is 1. The summed E-state index contributed by atoms with van der Waals surface area (Å²) in [5, 5.41) is 8.93. The molecule has 2 aliphatic rings. The maximum Gasteiger partial charge on any atom is 0.319 e. The summed E-state index contributed by atoms with van der Waals surface area (Å²) in [5.41, 5.74) is 2.70. The largest absolute Gasteiger partial charge is 0.352 e. The van der Waals surface area contributed by atoms with Crippen molar-refractivity contribution < 1.29 is 14.0 Å². The number of nitrogens with one attached hydrogen (secondary N) is 3. The second kappa shape index (κ2) is 10.1. The minimum atomic E-state index is -0.444. The van der Waals surface area contributed by atoms with Gasteiger partial charge in [-0.2, -0.15) is 0 Å². The quantitative estimate of drug-likeness (QED) is 0.612. The number of hydrogen-bond acceptors (Lipinski definition) is 3. The first kappa shape index (κ1) is 22.3. The summed E-state index contributed by atoms with van der Waals surface area (Å²) in [4.78, 5) is 27.5. The standard InChI is InChI=1S/C25H31FN4O2/c1-17-4-10-22(11-5-17)29-25(32)27-15-18-3-2-14-30(16-18)23(24(31)28-21-12-13-21)19-6-8-20(26)9-7-19/h4-11,18,21,23H,2-3,12-16H2,1H3,(H,28,31)(H2,27,29,32). The molecule has 1 aliphatic carbocycles. The van der Waals surface area contributed by atoms with Crippen LogP contribution in [0.3, 0.4) is 0 Å². The Morgan fingerprint density at radius 1 is 1.06 bits per heavy atom. The molecule has 1 saturated carbocycles. The van der Waals surface area contributed by atoms with Crippen LogP contribution < -0.4 is 16.0 Å². The molecule has 2 atom stereocenters. The third kappa shape index (κ3) is 6.07. The van der Waals surface area contributed by atoms with Gasteiger partial charge in [0.25, 0.3) is 0 Å². The van der Waals surface area contributed by atoms with Crippen molar-refractivity contribution in [1.29, 1.82) is 0 Å². The minimum Gasteiger partial charge on any atom is -0.352 e.